The first-order valence-electron chi connectivity index (χ1n) is 8.00. The van der Waals surface area contributed by atoms with Crippen LogP contribution in [-0.2, 0) is 9.53 Å². The summed E-state index contributed by atoms with van der Waals surface area (Å²) in [5, 5.41) is 3.71. The molecule has 3 rings (SSSR count). The molecule has 1 amide bonds. The first-order valence-corrected chi connectivity index (χ1v) is 9.80. The van der Waals surface area contributed by atoms with Gasteiger partial charge < -0.3 is 15.0 Å². The van der Waals surface area contributed by atoms with Crippen molar-refractivity contribution in [1.29, 1.82) is 0 Å². The van der Waals surface area contributed by atoms with Crippen molar-refractivity contribution in [3.05, 3.63) is 50.6 Å². The van der Waals surface area contributed by atoms with Gasteiger partial charge in [-0.3, -0.25) is 9.59 Å². The first kappa shape index (κ1) is 19.1. The molecule has 2 heterocycles. The fraction of sp³-hybridized carbons (Fsp3) is 0.222. The van der Waals surface area contributed by atoms with Gasteiger partial charge in [-0.05, 0) is 37.6 Å². The molecule has 3 aromatic rings. The number of aromatic amines is 1. The number of esters is 1. The van der Waals surface area contributed by atoms with Crippen LogP contribution in [0.5, 0.6) is 0 Å². The van der Waals surface area contributed by atoms with E-state index in [0.29, 0.717) is 26.6 Å². The van der Waals surface area contributed by atoms with Gasteiger partial charge in [-0.25, -0.2) is 9.78 Å². The maximum atomic E-state index is 12.3. The van der Waals surface area contributed by atoms with E-state index in [1.54, 1.807) is 18.2 Å². The van der Waals surface area contributed by atoms with Gasteiger partial charge in [0.15, 0.2) is 5.16 Å². The minimum atomic E-state index is -0.475. The molecule has 0 aliphatic carbocycles. The second-order valence-electron chi connectivity index (χ2n) is 5.74. The molecule has 0 saturated heterocycles. The summed E-state index contributed by atoms with van der Waals surface area (Å²) in [6.07, 6.45) is 0. The van der Waals surface area contributed by atoms with Crippen molar-refractivity contribution in [2.24, 2.45) is 0 Å². The van der Waals surface area contributed by atoms with Crippen LogP contribution < -0.4 is 10.9 Å². The molecule has 0 fully saturated rings. The summed E-state index contributed by atoms with van der Waals surface area (Å²) in [7, 11) is 1.30. The van der Waals surface area contributed by atoms with Gasteiger partial charge in [0, 0.05) is 10.6 Å². The Balaban J connectivity index is 1.68. The van der Waals surface area contributed by atoms with Crippen molar-refractivity contribution in [3.8, 4) is 0 Å². The van der Waals surface area contributed by atoms with Crippen molar-refractivity contribution in [3.63, 3.8) is 0 Å². The Morgan fingerprint density at radius 2 is 2.11 bits per heavy atom. The number of nitrogens with zero attached hydrogens (tertiary/aromatic N) is 1. The molecular formula is C18H17N3O4S2. The van der Waals surface area contributed by atoms with Crippen molar-refractivity contribution in [2.75, 3.05) is 18.2 Å². The average Bonchev–Trinajstić information content (AvgIpc) is 2.94. The summed E-state index contributed by atoms with van der Waals surface area (Å²) < 4.78 is 4.66. The van der Waals surface area contributed by atoms with Crippen molar-refractivity contribution in [1.82, 2.24) is 9.97 Å². The smallest absolute Gasteiger partial charge is 0.337 e. The van der Waals surface area contributed by atoms with Crippen LogP contribution in [0.25, 0.3) is 10.2 Å². The highest BCUT2D eigenvalue weighted by Gasteiger charge is 2.13. The number of hydrogen-bond acceptors (Lipinski definition) is 7. The maximum absolute atomic E-state index is 12.3. The largest absolute Gasteiger partial charge is 0.465 e. The van der Waals surface area contributed by atoms with Crippen LogP contribution >= 0.6 is 23.1 Å². The number of anilines is 1. The number of rotatable bonds is 5. The monoisotopic (exact) mass is 403 g/mol. The van der Waals surface area contributed by atoms with Crippen LogP contribution in [0.2, 0.25) is 0 Å². The number of aromatic nitrogens is 2. The van der Waals surface area contributed by atoms with Gasteiger partial charge in [0.25, 0.3) is 5.56 Å². The minimum Gasteiger partial charge on any atom is -0.465 e. The quantitative estimate of drug-likeness (QED) is 0.386. The number of carbonyl (C=O) groups is 2. The van der Waals surface area contributed by atoms with Crippen LogP contribution in [-0.4, -0.2) is 34.7 Å². The second kappa shape index (κ2) is 7.93. The lowest BCUT2D eigenvalue weighted by molar-refractivity contribution is -0.113. The summed E-state index contributed by atoms with van der Waals surface area (Å²) in [5.74, 6) is -0.680. The molecule has 0 radical (unpaired) electrons. The molecule has 9 heteroatoms. The molecule has 1 aromatic carbocycles. The zero-order valence-electron chi connectivity index (χ0n) is 14.9. The molecule has 2 aromatic heterocycles. The lowest BCUT2D eigenvalue weighted by atomic mass is 10.2. The van der Waals surface area contributed by atoms with Gasteiger partial charge >= 0.3 is 5.97 Å². The molecule has 2 N–H and O–H groups in total. The van der Waals surface area contributed by atoms with E-state index in [-0.39, 0.29) is 17.2 Å². The molecule has 7 nitrogen and oxygen atoms in total. The van der Waals surface area contributed by atoms with Gasteiger partial charge in [0.1, 0.15) is 4.83 Å². The third-order valence-electron chi connectivity index (χ3n) is 3.92. The number of methoxy groups -OCH3 is 1. The average molecular weight is 403 g/mol. The lowest BCUT2D eigenvalue weighted by Crippen LogP contribution is -2.16. The molecule has 0 unspecified atom stereocenters. The standard InChI is InChI=1S/C18H17N3O4S2/c1-9-10(2)27-16-14(9)15(23)20-18(21-16)26-8-13(22)19-12-6-4-5-11(7-12)17(24)25-3/h4-7H,8H2,1-3H3,(H,19,22)(H,20,21,23). The van der Waals surface area contributed by atoms with E-state index >= 15 is 0 Å². The summed E-state index contributed by atoms with van der Waals surface area (Å²) >= 11 is 2.60. The highest BCUT2D eigenvalue weighted by molar-refractivity contribution is 7.99. The number of fused-ring (bicyclic) bond motifs is 1. The number of thioether (sulfide) groups is 1. The van der Waals surface area contributed by atoms with Crippen LogP contribution in [0.15, 0.2) is 34.2 Å². The van der Waals surface area contributed by atoms with Gasteiger partial charge in [-0.15, -0.1) is 11.3 Å². The van der Waals surface area contributed by atoms with E-state index in [9.17, 15) is 14.4 Å². The highest BCUT2D eigenvalue weighted by atomic mass is 32.2. The Morgan fingerprint density at radius 3 is 2.85 bits per heavy atom. The molecule has 0 bridgehead atoms. The number of nitrogens with one attached hydrogen (secondary N) is 2. The topological polar surface area (TPSA) is 101 Å². The van der Waals surface area contributed by atoms with Crippen molar-refractivity contribution in [2.45, 2.75) is 19.0 Å². The number of aryl methyl sites for hydroxylation is 2. The van der Waals surface area contributed by atoms with E-state index in [1.807, 2.05) is 13.8 Å². The third kappa shape index (κ3) is 4.20. The minimum absolute atomic E-state index is 0.0697. The Bertz CT molecular complexity index is 1090. The van der Waals surface area contributed by atoms with Crippen molar-refractivity contribution < 1.29 is 14.3 Å². The van der Waals surface area contributed by atoms with Crippen LogP contribution in [0, 0.1) is 13.8 Å². The summed E-state index contributed by atoms with van der Waals surface area (Å²) in [6.45, 7) is 3.84. The van der Waals surface area contributed by atoms with E-state index in [4.69, 9.17) is 0 Å². The van der Waals surface area contributed by atoms with Crippen molar-refractivity contribution >= 4 is 50.9 Å². The van der Waals surface area contributed by atoms with Gasteiger partial charge in [0.2, 0.25) is 5.91 Å². The van der Waals surface area contributed by atoms with Gasteiger partial charge in [-0.1, -0.05) is 17.8 Å². The van der Waals surface area contributed by atoms with E-state index in [2.05, 4.69) is 20.0 Å². The molecule has 0 aliphatic rings. The molecule has 0 spiro atoms. The normalized spacial score (nSPS) is 10.8. The Labute approximate surface area is 163 Å². The Morgan fingerprint density at radius 1 is 1.33 bits per heavy atom. The van der Waals surface area contributed by atoms with Crippen LogP contribution in [0.3, 0.4) is 0 Å². The third-order valence-corrected chi connectivity index (χ3v) is 5.90. The van der Waals surface area contributed by atoms with E-state index in [0.717, 1.165) is 22.2 Å². The predicted octanol–water partition coefficient (Wildman–Crippen LogP) is 3.12. The molecule has 27 heavy (non-hydrogen) atoms. The zero-order valence-corrected chi connectivity index (χ0v) is 16.5. The lowest BCUT2D eigenvalue weighted by Gasteiger charge is -2.06. The first-order chi connectivity index (χ1) is 12.9. The fourth-order valence-corrected chi connectivity index (χ4v) is 4.22. The number of carbonyl (C=O) groups excluding carboxylic acids is 2. The van der Waals surface area contributed by atoms with Gasteiger partial charge in [0.05, 0.1) is 23.8 Å². The van der Waals surface area contributed by atoms with Crippen LogP contribution in [0.4, 0.5) is 5.69 Å². The number of ether oxygens (including phenoxy) is 1. The van der Waals surface area contributed by atoms with Gasteiger partial charge in [-0.2, -0.15) is 0 Å². The highest BCUT2D eigenvalue weighted by Crippen LogP contribution is 2.27. The van der Waals surface area contributed by atoms with Crippen LogP contribution in [0.1, 0.15) is 20.8 Å². The number of H-pyrrole nitrogens is 1. The number of thiophene rings is 1. The molecule has 0 aliphatic heterocycles. The summed E-state index contributed by atoms with van der Waals surface area (Å²) in [4.78, 5) is 44.8. The SMILES string of the molecule is COC(=O)c1cccc(NC(=O)CSc2nc3sc(C)c(C)c3c(=O)[nH]2)c1. The second-order valence-corrected chi connectivity index (χ2v) is 7.91. The zero-order chi connectivity index (χ0) is 19.6. The number of amides is 1. The van der Waals surface area contributed by atoms with E-state index in [1.165, 1.54) is 24.5 Å². The fourth-order valence-electron chi connectivity index (χ4n) is 2.48. The summed E-state index contributed by atoms with van der Waals surface area (Å²) in [5.41, 5.74) is 1.58. The number of benzene rings is 1. The number of hydrogen-bond donors (Lipinski definition) is 2. The molecular weight excluding hydrogens is 386 g/mol. The Kier molecular flexibility index (Phi) is 5.62. The summed E-state index contributed by atoms with van der Waals surface area (Å²) in [6, 6.07) is 6.48. The Hall–Kier alpha value is -2.65. The molecule has 0 atom stereocenters. The molecule has 0 saturated carbocycles. The predicted molar refractivity (Wildman–Crippen MR) is 107 cm³/mol. The molecule has 140 valence electrons. The van der Waals surface area contributed by atoms with E-state index < -0.39 is 5.97 Å². The maximum Gasteiger partial charge on any atom is 0.337 e.